The number of benzene rings is 1. The van der Waals surface area contributed by atoms with E-state index in [0.29, 0.717) is 18.7 Å². The van der Waals surface area contributed by atoms with Crippen LogP contribution in [0.1, 0.15) is 18.9 Å². The highest BCUT2D eigenvalue weighted by Gasteiger charge is 2.18. The lowest BCUT2D eigenvalue weighted by Gasteiger charge is -2.26. The number of aryl methyl sites for hydroxylation is 1. The van der Waals surface area contributed by atoms with Gasteiger partial charge in [-0.3, -0.25) is 4.79 Å². The highest BCUT2D eigenvalue weighted by molar-refractivity contribution is 5.95. The summed E-state index contributed by atoms with van der Waals surface area (Å²) in [6.07, 6.45) is 1.25. The zero-order valence-electron chi connectivity index (χ0n) is 10.6. The molecule has 0 radical (unpaired) electrons. The number of nitrogens with two attached hydrogens (primary N) is 1. The quantitative estimate of drug-likeness (QED) is 0.695. The normalized spacial score (nSPS) is 14.0. The Morgan fingerprint density at radius 2 is 2.22 bits per heavy atom. The van der Waals surface area contributed by atoms with Gasteiger partial charge in [-0.15, -0.1) is 0 Å². The summed E-state index contributed by atoms with van der Waals surface area (Å²) < 4.78 is 0. The molecule has 18 heavy (non-hydrogen) atoms. The molecule has 4 N–H and O–H groups in total. The molecule has 1 amide bonds. The number of aliphatic hydroxyl groups excluding tert-OH is 1. The second-order valence-corrected chi connectivity index (χ2v) is 4.42. The lowest BCUT2D eigenvalue weighted by molar-refractivity contribution is -0.116. The van der Waals surface area contributed by atoms with Crippen LogP contribution < -0.4 is 16.0 Å². The molecule has 0 spiro atoms. The predicted molar refractivity (Wildman–Crippen MR) is 72.8 cm³/mol. The molecule has 1 aromatic carbocycles. The van der Waals surface area contributed by atoms with Crippen molar-refractivity contribution in [1.82, 2.24) is 0 Å². The van der Waals surface area contributed by atoms with Crippen molar-refractivity contribution in [2.24, 2.45) is 0 Å². The van der Waals surface area contributed by atoms with Gasteiger partial charge in [0.1, 0.15) is 0 Å². The van der Waals surface area contributed by atoms with Crippen LogP contribution in [0.25, 0.3) is 0 Å². The number of anilines is 3. The number of nitrogens with one attached hydrogen (secondary N) is 1. The minimum atomic E-state index is 0.0448. The summed E-state index contributed by atoms with van der Waals surface area (Å²) in [5.41, 5.74) is 9.53. The molecule has 0 aliphatic carbocycles. The topological polar surface area (TPSA) is 78.6 Å². The number of carbonyl (C=O) groups is 1. The van der Waals surface area contributed by atoms with E-state index in [2.05, 4.69) is 5.32 Å². The third kappa shape index (κ3) is 2.41. The summed E-state index contributed by atoms with van der Waals surface area (Å²) >= 11 is 0. The van der Waals surface area contributed by atoms with Crippen LogP contribution in [0, 0.1) is 0 Å². The van der Waals surface area contributed by atoms with Gasteiger partial charge < -0.3 is 21.1 Å². The molecular weight excluding hydrogens is 230 g/mol. The molecule has 0 atom stereocenters. The summed E-state index contributed by atoms with van der Waals surface area (Å²) in [7, 11) is 0. The Bertz CT molecular complexity index is 460. The molecule has 0 bridgehead atoms. The number of carbonyl (C=O) groups excluding carboxylic acids is 1. The Labute approximate surface area is 107 Å². The van der Waals surface area contributed by atoms with Gasteiger partial charge in [-0.05, 0) is 31.0 Å². The van der Waals surface area contributed by atoms with Crippen LogP contribution in [0.3, 0.4) is 0 Å². The largest absolute Gasteiger partial charge is 0.397 e. The van der Waals surface area contributed by atoms with Crippen LogP contribution in [0.4, 0.5) is 17.1 Å². The lowest BCUT2D eigenvalue weighted by atomic mass is 10.0. The third-order valence-electron chi connectivity index (χ3n) is 3.24. The van der Waals surface area contributed by atoms with Gasteiger partial charge >= 0.3 is 0 Å². The number of nitrogens with zero attached hydrogens (tertiary/aromatic N) is 1. The van der Waals surface area contributed by atoms with Crippen molar-refractivity contribution < 1.29 is 9.90 Å². The minimum absolute atomic E-state index is 0.0448. The Morgan fingerprint density at radius 3 is 2.89 bits per heavy atom. The smallest absolute Gasteiger partial charge is 0.224 e. The number of fused-ring (bicyclic) bond motifs is 1. The standard InChI is InChI=1S/C13H19N3O2/c1-2-16(5-6-17)12-8-11-9(7-10(12)14)3-4-13(18)15-11/h7-8,17H,2-6,14H2,1H3,(H,15,18). The van der Waals surface area contributed by atoms with E-state index >= 15 is 0 Å². The zero-order valence-corrected chi connectivity index (χ0v) is 10.6. The predicted octanol–water partition coefficient (Wildman–Crippen LogP) is 0.972. The second-order valence-electron chi connectivity index (χ2n) is 4.42. The summed E-state index contributed by atoms with van der Waals surface area (Å²) in [5.74, 6) is 0.0448. The fourth-order valence-corrected chi connectivity index (χ4v) is 2.28. The summed E-state index contributed by atoms with van der Waals surface area (Å²) in [6, 6.07) is 3.82. The minimum Gasteiger partial charge on any atom is -0.397 e. The molecule has 5 nitrogen and oxygen atoms in total. The maximum absolute atomic E-state index is 11.4. The fourth-order valence-electron chi connectivity index (χ4n) is 2.28. The van der Waals surface area contributed by atoms with E-state index in [4.69, 9.17) is 10.8 Å². The number of hydrogen-bond donors (Lipinski definition) is 3. The summed E-state index contributed by atoms with van der Waals surface area (Å²) in [4.78, 5) is 13.4. The molecule has 0 saturated heterocycles. The van der Waals surface area contributed by atoms with E-state index in [9.17, 15) is 4.79 Å². The van der Waals surface area contributed by atoms with Crippen molar-refractivity contribution >= 4 is 23.0 Å². The van der Waals surface area contributed by atoms with Gasteiger partial charge in [0.2, 0.25) is 5.91 Å². The SMILES string of the molecule is CCN(CCO)c1cc2c(cc1N)CCC(=O)N2. The molecule has 2 rings (SSSR count). The molecule has 1 heterocycles. The van der Waals surface area contributed by atoms with Gasteiger partial charge in [0, 0.05) is 25.2 Å². The molecule has 5 heteroatoms. The molecule has 98 valence electrons. The molecule has 1 aliphatic rings. The molecule has 1 aliphatic heterocycles. The average molecular weight is 249 g/mol. The third-order valence-corrected chi connectivity index (χ3v) is 3.24. The highest BCUT2D eigenvalue weighted by Crippen LogP contribution is 2.33. The average Bonchev–Trinajstić information content (AvgIpc) is 2.36. The van der Waals surface area contributed by atoms with Crippen molar-refractivity contribution in [2.75, 3.05) is 35.6 Å². The monoisotopic (exact) mass is 249 g/mol. The van der Waals surface area contributed by atoms with Crippen molar-refractivity contribution in [2.45, 2.75) is 19.8 Å². The zero-order chi connectivity index (χ0) is 13.1. The van der Waals surface area contributed by atoms with Crippen molar-refractivity contribution in [3.63, 3.8) is 0 Å². The van der Waals surface area contributed by atoms with Crippen molar-refractivity contribution in [3.8, 4) is 0 Å². The number of likely N-dealkylation sites (N-methyl/N-ethyl adjacent to an activating group) is 1. The first-order chi connectivity index (χ1) is 8.65. The number of aliphatic hydroxyl groups is 1. The van der Waals surface area contributed by atoms with Gasteiger partial charge in [0.05, 0.1) is 18.0 Å². The first kappa shape index (κ1) is 12.7. The number of hydrogen-bond acceptors (Lipinski definition) is 4. The van der Waals surface area contributed by atoms with Gasteiger partial charge in [-0.25, -0.2) is 0 Å². The van der Waals surface area contributed by atoms with E-state index in [1.165, 1.54) is 0 Å². The van der Waals surface area contributed by atoms with Gasteiger partial charge in [0.25, 0.3) is 0 Å². The second kappa shape index (κ2) is 5.27. The van der Waals surface area contributed by atoms with E-state index < -0.39 is 0 Å². The molecule has 0 aromatic heterocycles. The van der Waals surface area contributed by atoms with Crippen LogP contribution in [-0.4, -0.2) is 30.7 Å². The summed E-state index contributed by atoms with van der Waals surface area (Å²) in [6.45, 7) is 3.38. The fraction of sp³-hybridized carbons (Fsp3) is 0.462. The van der Waals surface area contributed by atoms with Gasteiger partial charge in [0.15, 0.2) is 0 Å². The van der Waals surface area contributed by atoms with E-state index in [1.54, 1.807) is 0 Å². The van der Waals surface area contributed by atoms with Crippen LogP contribution in [0.15, 0.2) is 12.1 Å². The Balaban J connectivity index is 2.36. The maximum atomic E-state index is 11.4. The Kier molecular flexibility index (Phi) is 3.72. The van der Waals surface area contributed by atoms with Crippen molar-refractivity contribution in [3.05, 3.63) is 17.7 Å². The first-order valence-electron chi connectivity index (χ1n) is 6.23. The number of amides is 1. The van der Waals surface area contributed by atoms with Gasteiger partial charge in [-0.2, -0.15) is 0 Å². The lowest BCUT2D eigenvalue weighted by Crippen LogP contribution is -2.28. The summed E-state index contributed by atoms with van der Waals surface area (Å²) in [5, 5.41) is 11.9. The molecule has 0 saturated carbocycles. The molecular formula is C13H19N3O2. The van der Waals surface area contributed by atoms with Crippen LogP contribution in [0.2, 0.25) is 0 Å². The Hall–Kier alpha value is -1.75. The van der Waals surface area contributed by atoms with Crippen LogP contribution >= 0.6 is 0 Å². The van der Waals surface area contributed by atoms with E-state index in [1.807, 2.05) is 24.0 Å². The molecule has 1 aromatic rings. The van der Waals surface area contributed by atoms with Gasteiger partial charge in [-0.1, -0.05) is 0 Å². The van der Waals surface area contributed by atoms with E-state index in [-0.39, 0.29) is 12.5 Å². The number of rotatable bonds is 4. The Morgan fingerprint density at radius 1 is 1.44 bits per heavy atom. The number of nitrogen functional groups attached to an aromatic ring is 1. The molecule has 0 unspecified atom stereocenters. The van der Waals surface area contributed by atoms with Crippen LogP contribution in [0.5, 0.6) is 0 Å². The maximum Gasteiger partial charge on any atom is 0.224 e. The van der Waals surface area contributed by atoms with Crippen LogP contribution in [-0.2, 0) is 11.2 Å². The highest BCUT2D eigenvalue weighted by atomic mass is 16.3. The van der Waals surface area contributed by atoms with E-state index in [0.717, 1.165) is 29.9 Å². The first-order valence-corrected chi connectivity index (χ1v) is 6.23. The molecule has 0 fully saturated rings. The van der Waals surface area contributed by atoms with Crippen molar-refractivity contribution in [1.29, 1.82) is 0 Å².